The lowest BCUT2D eigenvalue weighted by atomic mass is 9.92. The smallest absolute Gasteiger partial charge is 0.166 e. The van der Waals surface area contributed by atoms with Crippen molar-refractivity contribution in [2.24, 2.45) is 5.92 Å². The minimum Gasteiger partial charge on any atom is -0.496 e. The maximum atomic E-state index is 12.8. The highest BCUT2D eigenvalue weighted by atomic mass is 16.5. The molecule has 0 saturated carbocycles. The molecule has 2 rings (SSSR count). The van der Waals surface area contributed by atoms with Gasteiger partial charge in [0.15, 0.2) is 23.1 Å². The fourth-order valence-electron chi connectivity index (χ4n) is 3.20. The lowest BCUT2D eigenvalue weighted by Gasteiger charge is -2.10. The fraction of sp³-hybridized carbons (Fsp3) is 0.269. The standard InChI is InChI=1S/C26H28O7/c1-17(28)13-21(22(29)9-5-18-7-11-24(31-2)20(14-18)16-27)23(30)10-6-19-8-12-25(32-3)26(15-19)33-4/h5-12,14-15,21,27H,13,16H2,1-4H3/b9-5+,10-6+. The summed E-state index contributed by atoms with van der Waals surface area (Å²) in [5, 5.41) is 9.45. The number of ether oxygens (including phenoxy) is 3. The van der Waals surface area contributed by atoms with Crippen LogP contribution in [0.15, 0.2) is 48.6 Å². The Hall–Kier alpha value is -3.71. The summed E-state index contributed by atoms with van der Waals surface area (Å²) in [6.07, 6.45) is 5.48. The number of carbonyl (C=O) groups is 3. The Labute approximate surface area is 193 Å². The monoisotopic (exact) mass is 452 g/mol. The van der Waals surface area contributed by atoms with Gasteiger partial charge in [0.2, 0.25) is 0 Å². The number of methoxy groups -OCH3 is 3. The van der Waals surface area contributed by atoms with Crippen molar-refractivity contribution in [3.05, 3.63) is 65.2 Å². The van der Waals surface area contributed by atoms with Crippen LogP contribution in [0, 0.1) is 5.92 Å². The first-order valence-corrected chi connectivity index (χ1v) is 10.3. The molecule has 0 amide bonds. The number of allylic oxidation sites excluding steroid dienone is 2. The third-order valence-electron chi connectivity index (χ3n) is 4.94. The Morgan fingerprint density at radius 3 is 1.82 bits per heavy atom. The molecular weight excluding hydrogens is 424 g/mol. The predicted molar refractivity (Wildman–Crippen MR) is 125 cm³/mol. The van der Waals surface area contributed by atoms with E-state index in [1.807, 2.05) is 0 Å². The number of carbonyl (C=O) groups excluding carboxylic acids is 3. The van der Waals surface area contributed by atoms with Crippen LogP contribution in [0.3, 0.4) is 0 Å². The Morgan fingerprint density at radius 2 is 1.33 bits per heavy atom. The van der Waals surface area contributed by atoms with E-state index in [9.17, 15) is 19.5 Å². The molecule has 2 aromatic rings. The summed E-state index contributed by atoms with van der Waals surface area (Å²) >= 11 is 0. The molecule has 174 valence electrons. The topological polar surface area (TPSA) is 99.1 Å². The molecule has 1 N–H and O–H groups in total. The van der Waals surface area contributed by atoms with E-state index in [4.69, 9.17) is 14.2 Å². The Bertz CT molecular complexity index is 989. The second-order valence-corrected chi connectivity index (χ2v) is 7.27. The van der Waals surface area contributed by atoms with Crippen molar-refractivity contribution in [1.29, 1.82) is 0 Å². The van der Waals surface area contributed by atoms with Gasteiger partial charge < -0.3 is 19.3 Å². The number of benzene rings is 2. The van der Waals surface area contributed by atoms with Crippen LogP contribution in [-0.4, -0.2) is 43.8 Å². The molecule has 2 aromatic carbocycles. The molecule has 33 heavy (non-hydrogen) atoms. The van der Waals surface area contributed by atoms with Crippen LogP contribution in [0.2, 0.25) is 0 Å². The average Bonchev–Trinajstić information content (AvgIpc) is 2.83. The van der Waals surface area contributed by atoms with E-state index in [1.165, 1.54) is 40.4 Å². The van der Waals surface area contributed by atoms with Gasteiger partial charge in [0, 0.05) is 12.0 Å². The summed E-state index contributed by atoms with van der Waals surface area (Å²) in [4.78, 5) is 37.2. The van der Waals surface area contributed by atoms with E-state index in [2.05, 4.69) is 0 Å². The van der Waals surface area contributed by atoms with Crippen molar-refractivity contribution in [3.63, 3.8) is 0 Å². The largest absolute Gasteiger partial charge is 0.496 e. The molecule has 0 aliphatic heterocycles. The van der Waals surface area contributed by atoms with E-state index in [0.717, 1.165) is 0 Å². The minimum atomic E-state index is -1.12. The number of Topliss-reactive ketones (excluding diaryl/α,β-unsaturated/α-hetero) is 1. The summed E-state index contributed by atoms with van der Waals surface area (Å²) < 4.78 is 15.6. The molecule has 1 unspecified atom stereocenters. The third-order valence-corrected chi connectivity index (χ3v) is 4.94. The Morgan fingerprint density at radius 1 is 0.818 bits per heavy atom. The van der Waals surface area contributed by atoms with Gasteiger partial charge in [-0.05, 0) is 54.5 Å². The SMILES string of the molecule is COc1ccc(/C=C/C(=O)C(CC(C)=O)C(=O)/C=C/c2ccc(OC)c(OC)c2)cc1CO. The third kappa shape index (κ3) is 7.15. The van der Waals surface area contributed by atoms with Crippen molar-refractivity contribution < 1.29 is 33.7 Å². The summed E-state index contributed by atoms with van der Waals surface area (Å²) in [6.45, 7) is 1.12. The fourth-order valence-corrected chi connectivity index (χ4v) is 3.20. The second kappa shape index (κ2) is 12.4. The zero-order valence-electron chi connectivity index (χ0n) is 19.2. The number of ketones is 3. The zero-order valence-corrected chi connectivity index (χ0v) is 19.2. The van der Waals surface area contributed by atoms with E-state index in [0.29, 0.717) is 33.9 Å². The first-order valence-electron chi connectivity index (χ1n) is 10.3. The Kier molecular flexibility index (Phi) is 9.57. The molecule has 0 aliphatic rings. The molecule has 0 aliphatic carbocycles. The maximum absolute atomic E-state index is 12.8. The molecule has 0 aromatic heterocycles. The van der Waals surface area contributed by atoms with Crippen LogP contribution >= 0.6 is 0 Å². The molecule has 0 radical (unpaired) electrons. The van der Waals surface area contributed by atoms with Gasteiger partial charge in [0.1, 0.15) is 11.5 Å². The summed E-state index contributed by atoms with van der Waals surface area (Å²) in [6, 6.07) is 10.2. The maximum Gasteiger partial charge on any atom is 0.166 e. The van der Waals surface area contributed by atoms with Gasteiger partial charge in [0.25, 0.3) is 0 Å². The van der Waals surface area contributed by atoms with Crippen LogP contribution in [0.4, 0.5) is 0 Å². The van der Waals surface area contributed by atoms with Gasteiger partial charge in [-0.15, -0.1) is 0 Å². The molecule has 7 heteroatoms. The van der Waals surface area contributed by atoms with E-state index < -0.39 is 17.5 Å². The second-order valence-electron chi connectivity index (χ2n) is 7.27. The molecule has 0 heterocycles. The van der Waals surface area contributed by atoms with Crippen molar-refractivity contribution in [2.75, 3.05) is 21.3 Å². The van der Waals surface area contributed by atoms with Crippen molar-refractivity contribution in [3.8, 4) is 17.2 Å². The predicted octanol–water partition coefficient (Wildman–Crippen LogP) is 3.66. The average molecular weight is 453 g/mol. The van der Waals surface area contributed by atoms with Crippen LogP contribution in [0.5, 0.6) is 17.2 Å². The first kappa shape index (κ1) is 25.5. The van der Waals surface area contributed by atoms with Gasteiger partial charge in [-0.3, -0.25) is 14.4 Å². The zero-order chi connectivity index (χ0) is 24.4. The lowest BCUT2D eigenvalue weighted by molar-refractivity contribution is -0.131. The van der Waals surface area contributed by atoms with Crippen molar-refractivity contribution in [1.82, 2.24) is 0 Å². The number of hydrogen-bond donors (Lipinski definition) is 1. The summed E-state index contributed by atoms with van der Waals surface area (Å²) in [5.74, 6) is -0.737. The Balaban J connectivity index is 2.21. The van der Waals surface area contributed by atoms with Crippen molar-refractivity contribution in [2.45, 2.75) is 20.0 Å². The van der Waals surface area contributed by atoms with Gasteiger partial charge in [-0.2, -0.15) is 0 Å². The minimum absolute atomic E-state index is 0.192. The number of aliphatic hydroxyl groups excluding tert-OH is 1. The van der Waals surface area contributed by atoms with Gasteiger partial charge in [0.05, 0.1) is 33.9 Å². The van der Waals surface area contributed by atoms with Crippen LogP contribution in [-0.2, 0) is 21.0 Å². The molecule has 0 spiro atoms. The molecule has 7 nitrogen and oxygen atoms in total. The van der Waals surface area contributed by atoms with E-state index in [1.54, 1.807) is 48.6 Å². The van der Waals surface area contributed by atoms with Gasteiger partial charge in [-0.25, -0.2) is 0 Å². The lowest BCUT2D eigenvalue weighted by Crippen LogP contribution is -2.23. The number of rotatable bonds is 12. The molecule has 0 bridgehead atoms. The summed E-state index contributed by atoms with van der Waals surface area (Å²) in [7, 11) is 4.54. The highest BCUT2D eigenvalue weighted by molar-refractivity contribution is 6.15. The van der Waals surface area contributed by atoms with Crippen LogP contribution in [0.25, 0.3) is 12.2 Å². The van der Waals surface area contributed by atoms with Gasteiger partial charge >= 0.3 is 0 Å². The highest BCUT2D eigenvalue weighted by Crippen LogP contribution is 2.28. The highest BCUT2D eigenvalue weighted by Gasteiger charge is 2.24. The van der Waals surface area contributed by atoms with Crippen molar-refractivity contribution >= 4 is 29.5 Å². The summed E-state index contributed by atoms with van der Waals surface area (Å²) in [5.41, 5.74) is 1.91. The molecular formula is C26H28O7. The number of aliphatic hydroxyl groups is 1. The molecule has 0 fully saturated rings. The van der Waals surface area contributed by atoms with E-state index >= 15 is 0 Å². The number of hydrogen-bond acceptors (Lipinski definition) is 7. The molecule has 1 atom stereocenters. The first-order chi connectivity index (χ1) is 15.8. The quantitative estimate of drug-likeness (QED) is 0.387. The van der Waals surface area contributed by atoms with Crippen LogP contribution in [0.1, 0.15) is 30.0 Å². The molecule has 0 saturated heterocycles. The van der Waals surface area contributed by atoms with Crippen LogP contribution < -0.4 is 14.2 Å². The van der Waals surface area contributed by atoms with Gasteiger partial charge in [-0.1, -0.05) is 24.3 Å². The normalized spacial score (nSPS) is 12.0. The van der Waals surface area contributed by atoms with E-state index in [-0.39, 0.29) is 18.8 Å².